The maximum absolute atomic E-state index is 13.3. The smallest absolute Gasteiger partial charge is 0.260 e. The fourth-order valence-corrected chi connectivity index (χ4v) is 4.42. The van der Waals surface area contributed by atoms with E-state index in [1.165, 1.54) is 10.5 Å². The molecule has 3 rings (SSSR count). The zero-order valence-corrected chi connectivity index (χ0v) is 18.1. The van der Waals surface area contributed by atoms with Crippen molar-refractivity contribution in [2.24, 2.45) is 0 Å². The third kappa shape index (κ3) is 4.34. The monoisotopic (exact) mass is 400 g/mol. The molecule has 0 aliphatic rings. The maximum atomic E-state index is 13.3. The van der Waals surface area contributed by atoms with E-state index in [9.17, 15) is 4.79 Å². The highest BCUT2D eigenvalue weighted by Crippen LogP contribution is 2.33. The summed E-state index contributed by atoms with van der Waals surface area (Å²) < 4.78 is 1.16. The number of hydrogen-bond donors (Lipinski definition) is 1. The van der Waals surface area contributed by atoms with Gasteiger partial charge in [-0.3, -0.25) is 9.69 Å². The van der Waals surface area contributed by atoms with E-state index in [1.54, 1.807) is 23.1 Å². The van der Waals surface area contributed by atoms with E-state index in [1.807, 2.05) is 35.4 Å². The molecular formula is C21H26N3OS2+. The van der Waals surface area contributed by atoms with Crippen LogP contribution in [0.3, 0.4) is 0 Å². The molecule has 1 heterocycles. The zero-order valence-electron chi connectivity index (χ0n) is 16.5. The van der Waals surface area contributed by atoms with Gasteiger partial charge in [-0.2, -0.15) is 0 Å². The third-order valence-electron chi connectivity index (χ3n) is 4.58. The van der Waals surface area contributed by atoms with E-state index in [-0.39, 0.29) is 5.91 Å². The highest BCUT2D eigenvalue weighted by atomic mass is 32.2. The summed E-state index contributed by atoms with van der Waals surface area (Å²) in [5.41, 5.74) is 4.05. The summed E-state index contributed by atoms with van der Waals surface area (Å²) in [6.45, 7) is 5.68. The number of thioether (sulfide) groups is 1. The van der Waals surface area contributed by atoms with Crippen molar-refractivity contribution in [3.05, 3.63) is 53.1 Å². The Morgan fingerprint density at radius 2 is 1.78 bits per heavy atom. The molecule has 0 atom stereocenters. The molecule has 142 valence electrons. The lowest BCUT2D eigenvalue weighted by atomic mass is 10.1. The molecule has 27 heavy (non-hydrogen) atoms. The van der Waals surface area contributed by atoms with E-state index in [0.29, 0.717) is 12.1 Å². The second-order valence-electron chi connectivity index (χ2n) is 7.02. The molecular weight excluding hydrogens is 374 g/mol. The molecule has 0 aliphatic carbocycles. The van der Waals surface area contributed by atoms with Crippen LogP contribution >= 0.6 is 23.1 Å². The highest BCUT2D eigenvalue weighted by molar-refractivity contribution is 7.98. The largest absolute Gasteiger partial charge is 0.338 e. The van der Waals surface area contributed by atoms with Crippen LogP contribution in [0.4, 0.5) is 5.13 Å². The van der Waals surface area contributed by atoms with Gasteiger partial charge in [-0.1, -0.05) is 23.5 Å². The molecule has 0 radical (unpaired) electrons. The number of carbonyl (C=O) groups excluding carboxylic acids is 1. The molecule has 0 fully saturated rings. The molecule has 2 aromatic carbocycles. The second-order valence-corrected chi connectivity index (χ2v) is 8.87. The average Bonchev–Trinajstić information content (AvgIpc) is 3.11. The van der Waals surface area contributed by atoms with Gasteiger partial charge in [-0.25, -0.2) is 4.98 Å². The molecule has 0 aliphatic heterocycles. The Labute approximate surface area is 169 Å². The summed E-state index contributed by atoms with van der Waals surface area (Å²) >= 11 is 3.28. The second kappa shape index (κ2) is 8.42. The summed E-state index contributed by atoms with van der Waals surface area (Å²) in [5.74, 6) is 0.0123. The van der Waals surface area contributed by atoms with Crippen LogP contribution in [0.15, 0.2) is 41.3 Å². The minimum absolute atomic E-state index is 0.0123. The van der Waals surface area contributed by atoms with E-state index >= 15 is 0 Å². The number of rotatable bonds is 6. The normalized spacial score (nSPS) is 11.3. The lowest BCUT2D eigenvalue weighted by Crippen LogP contribution is -3.06. The number of quaternary nitrogens is 1. The molecule has 4 nitrogen and oxygen atoms in total. The predicted molar refractivity (Wildman–Crippen MR) is 117 cm³/mol. The Hall–Kier alpha value is -1.89. The Morgan fingerprint density at radius 1 is 1.11 bits per heavy atom. The number of anilines is 1. The Balaban J connectivity index is 2.01. The number of nitrogens with one attached hydrogen (secondary N) is 1. The van der Waals surface area contributed by atoms with Gasteiger partial charge < -0.3 is 4.90 Å². The van der Waals surface area contributed by atoms with E-state index in [4.69, 9.17) is 4.98 Å². The van der Waals surface area contributed by atoms with Crippen LogP contribution in [-0.2, 0) is 0 Å². The number of carbonyl (C=O) groups is 1. The van der Waals surface area contributed by atoms with Gasteiger partial charge in [-0.15, -0.1) is 11.8 Å². The van der Waals surface area contributed by atoms with Gasteiger partial charge in [0.2, 0.25) is 0 Å². The first kappa shape index (κ1) is 19.9. The van der Waals surface area contributed by atoms with Crippen LogP contribution in [0.1, 0.15) is 21.5 Å². The number of aromatic nitrogens is 1. The maximum Gasteiger partial charge on any atom is 0.260 e. The van der Waals surface area contributed by atoms with Gasteiger partial charge >= 0.3 is 0 Å². The summed E-state index contributed by atoms with van der Waals surface area (Å²) in [5, 5.41) is 0.780. The van der Waals surface area contributed by atoms with E-state index < -0.39 is 0 Å². The average molecular weight is 401 g/mol. The number of fused-ring (bicyclic) bond motifs is 1. The van der Waals surface area contributed by atoms with Crippen LogP contribution < -0.4 is 9.80 Å². The van der Waals surface area contributed by atoms with Gasteiger partial charge in [0.1, 0.15) is 0 Å². The quantitative estimate of drug-likeness (QED) is 0.644. The van der Waals surface area contributed by atoms with E-state index in [0.717, 1.165) is 32.4 Å². The molecule has 0 saturated heterocycles. The standard InChI is InChI=1S/C21H25N3OS2/c1-14-6-7-15(2)19-18(14)22-21(27-19)24(13-12-23(3)4)20(25)16-8-10-17(26-5)11-9-16/h6-11H,12-13H2,1-5H3/p+1. The molecule has 0 unspecified atom stereocenters. The molecule has 0 spiro atoms. The van der Waals surface area contributed by atoms with Gasteiger partial charge in [0, 0.05) is 10.5 Å². The van der Waals surface area contributed by atoms with Crippen LogP contribution in [0.25, 0.3) is 10.2 Å². The number of amides is 1. The number of hydrogen-bond acceptors (Lipinski definition) is 4. The Morgan fingerprint density at radius 3 is 2.37 bits per heavy atom. The first-order valence-electron chi connectivity index (χ1n) is 9.02. The number of nitrogens with zero attached hydrogens (tertiary/aromatic N) is 2. The van der Waals surface area contributed by atoms with Crippen molar-refractivity contribution in [3.63, 3.8) is 0 Å². The van der Waals surface area contributed by atoms with Crippen LogP contribution in [0.5, 0.6) is 0 Å². The van der Waals surface area contributed by atoms with Crippen molar-refractivity contribution in [1.82, 2.24) is 4.98 Å². The van der Waals surface area contributed by atoms with Gasteiger partial charge in [0.25, 0.3) is 5.91 Å². The van der Waals surface area contributed by atoms with Crippen molar-refractivity contribution in [3.8, 4) is 0 Å². The lowest BCUT2D eigenvalue weighted by Gasteiger charge is -2.20. The first-order valence-corrected chi connectivity index (χ1v) is 11.1. The minimum Gasteiger partial charge on any atom is -0.338 e. The first-order chi connectivity index (χ1) is 12.9. The van der Waals surface area contributed by atoms with Crippen molar-refractivity contribution >= 4 is 44.4 Å². The van der Waals surface area contributed by atoms with Crippen molar-refractivity contribution < 1.29 is 9.69 Å². The van der Waals surface area contributed by atoms with Crippen molar-refractivity contribution in [2.45, 2.75) is 18.7 Å². The number of benzene rings is 2. The van der Waals surface area contributed by atoms with Crippen LogP contribution in [-0.4, -0.2) is 44.3 Å². The fourth-order valence-electron chi connectivity index (χ4n) is 2.87. The molecule has 6 heteroatoms. The predicted octanol–water partition coefficient (Wildman–Crippen LogP) is 3.43. The van der Waals surface area contributed by atoms with Gasteiger partial charge in [0.15, 0.2) is 5.13 Å². The molecule has 3 aromatic rings. The van der Waals surface area contributed by atoms with Gasteiger partial charge in [0.05, 0.1) is 37.4 Å². The molecule has 0 bridgehead atoms. The summed E-state index contributed by atoms with van der Waals surface area (Å²) in [6.07, 6.45) is 2.04. The minimum atomic E-state index is 0.0123. The summed E-state index contributed by atoms with van der Waals surface area (Å²) in [7, 11) is 4.20. The highest BCUT2D eigenvalue weighted by Gasteiger charge is 2.23. The van der Waals surface area contributed by atoms with Crippen molar-refractivity contribution in [1.29, 1.82) is 0 Å². The number of likely N-dealkylation sites (N-methyl/N-ethyl adjacent to an activating group) is 1. The molecule has 0 saturated carbocycles. The Bertz CT molecular complexity index is 909. The summed E-state index contributed by atoms with van der Waals surface area (Å²) in [6, 6.07) is 12.0. The van der Waals surface area contributed by atoms with Gasteiger partial charge in [-0.05, 0) is 55.5 Å². The fraction of sp³-hybridized carbons (Fsp3) is 0.333. The third-order valence-corrected chi connectivity index (χ3v) is 6.54. The molecule has 1 amide bonds. The lowest BCUT2D eigenvalue weighted by molar-refractivity contribution is -0.856. The van der Waals surface area contributed by atoms with Crippen LogP contribution in [0, 0.1) is 13.8 Å². The molecule has 1 aromatic heterocycles. The molecule has 1 N–H and O–H groups in total. The van der Waals surface area contributed by atoms with Crippen LogP contribution in [0.2, 0.25) is 0 Å². The van der Waals surface area contributed by atoms with E-state index in [2.05, 4.69) is 40.1 Å². The zero-order chi connectivity index (χ0) is 19.6. The number of aryl methyl sites for hydroxylation is 2. The Kier molecular flexibility index (Phi) is 6.19. The number of thiazole rings is 1. The van der Waals surface area contributed by atoms with Crippen molar-refractivity contribution in [2.75, 3.05) is 38.3 Å². The SMILES string of the molecule is CSc1ccc(C(=O)N(CC[NH+](C)C)c2nc3c(C)ccc(C)c3s2)cc1. The topological polar surface area (TPSA) is 37.6 Å². The summed E-state index contributed by atoms with van der Waals surface area (Å²) in [4.78, 5) is 22.4.